The lowest BCUT2D eigenvalue weighted by molar-refractivity contribution is -0.388. The highest BCUT2D eigenvalue weighted by molar-refractivity contribution is 5.61. The van der Waals surface area contributed by atoms with Crippen LogP contribution >= 0.6 is 0 Å². The summed E-state index contributed by atoms with van der Waals surface area (Å²) in [5, 5.41) is 14.7. The van der Waals surface area contributed by atoms with Crippen molar-refractivity contribution in [2.45, 2.75) is 37.6 Å². The highest BCUT2D eigenvalue weighted by Gasteiger charge is 2.42. The third-order valence-electron chi connectivity index (χ3n) is 4.55. The molecule has 2 fully saturated rings. The summed E-state index contributed by atoms with van der Waals surface area (Å²) >= 11 is 0. The summed E-state index contributed by atoms with van der Waals surface area (Å²) in [4.78, 5) is 17.1. The van der Waals surface area contributed by atoms with E-state index in [-0.39, 0.29) is 16.3 Å². The molecule has 0 aromatic carbocycles. The first kappa shape index (κ1) is 13.3. The van der Waals surface area contributed by atoms with Crippen LogP contribution in [0, 0.1) is 10.1 Å². The second-order valence-corrected chi connectivity index (χ2v) is 5.72. The van der Waals surface area contributed by atoms with Crippen LogP contribution in [0.3, 0.4) is 0 Å². The van der Waals surface area contributed by atoms with Gasteiger partial charge in [-0.15, -0.1) is 0 Å². The van der Waals surface area contributed by atoms with Crippen LogP contribution < -0.4 is 10.2 Å². The Labute approximate surface area is 118 Å². The molecule has 1 aliphatic carbocycles. The van der Waals surface area contributed by atoms with Crippen LogP contribution in [0.1, 0.15) is 32.1 Å². The topological polar surface area (TPSA) is 71.3 Å². The summed E-state index contributed by atoms with van der Waals surface area (Å²) in [7, 11) is 0. The lowest BCUT2D eigenvalue weighted by Crippen LogP contribution is -2.62. The van der Waals surface area contributed by atoms with Crippen molar-refractivity contribution in [2.24, 2.45) is 0 Å². The minimum Gasteiger partial charge on any atom is -0.358 e. The number of piperazine rings is 1. The van der Waals surface area contributed by atoms with Crippen molar-refractivity contribution >= 4 is 11.5 Å². The van der Waals surface area contributed by atoms with Crippen molar-refractivity contribution in [1.82, 2.24) is 10.3 Å². The molecule has 0 bridgehead atoms. The summed E-state index contributed by atoms with van der Waals surface area (Å²) in [6.45, 7) is 2.60. The first-order chi connectivity index (χ1) is 9.73. The first-order valence-electron chi connectivity index (χ1n) is 7.31. The SMILES string of the molecule is O=[N+]([O-])c1ncccc1N1CCNCC12CCCCC2. The average Bonchev–Trinajstić information content (AvgIpc) is 2.48. The molecule has 6 heteroatoms. The molecule has 6 nitrogen and oxygen atoms in total. The van der Waals surface area contributed by atoms with Crippen LogP contribution in [-0.2, 0) is 0 Å². The Hall–Kier alpha value is -1.69. The molecule has 1 aromatic heterocycles. The third-order valence-corrected chi connectivity index (χ3v) is 4.55. The van der Waals surface area contributed by atoms with Crippen molar-refractivity contribution in [3.63, 3.8) is 0 Å². The molecule has 1 N–H and O–H groups in total. The monoisotopic (exact) mass is 276 g/mol. The second-order valence-electron chi connectivity index (χ2n) is 5.72. The minimum atomic E-state index is -0.367. The van der Waals surface area contributed by atoms with Gasteiger partial charge in [0, 0.05) is 19.6 Å². The number of hydrogen-bond acceptors (Lipinski definition) is 5. The number of hydrogen-bond donors (Lipinski definition) is 1. The van der Waals surface area contributed by atoms with Crippen LogP contribution in [-0.4, -0.2) is 35.1 Å². The maximum atomic E-state index is 11.2. The largest absolute Gasteiger partial charge is 0.387 e. The Morgan fingerprint density at radius 1 is 1.35 bits per heavy atom. The van der Waals surface area contributed by atoms with Gasteiger partial charge in [0.25, 0.3) is 0 Å². The summed E-state index contributed by atoms with van der Waals surface area (Å²) in [6.07, 6.45) is 7.37. The molecule has 0 atom stereocenters. The fourth-order valence-corrected chi connectivity index (χ4v) is 3.62. The summed E-state index contributed by atoms with van der Waals surface area (Å²) < 4.78 is 0. The van der Waals surface area contributed by atoms with Crippen LogP contribution in [0.15, 0.2) is 18.3 Å². The van der Waals surface area contributed by atoms with Crippen LogP contribution in [0.25, 0.3) is 0 Å². The van der Waals surface area contributed by atoms with Gasteiger partial charge in [0.15, 0.2) is 0 Å². The number of anilines is 1. The van der Waals surface area contributed by atoms with Crippen molar-refractivity contribution in [3.8, 4) is 0 Å². The van der Waals surface area contributed by atoms with Gasteiger partial charge in [-0.25, -0.2) is 0 Å². The zero-order valence-corrected chi connectivity index (χ0v) is 11.5. The molecule has 2 aliphatic rings. The fourth-order valence-electron chi connectivity index (χ4n) is 3.62. The molecule has 3 rings (SSSR count). The first-order valence-corrected chi connectivity index (χ1v) is 7.31. The van der Waals surface area contributed by atoms with E-state index in [9.17, 15) is 10.1 Å². The van der Waals surface area contributed by atoms with E-state index in [0.717, 1.165) is 32.5 Å². The zero-order valence-electron chi connectivity index (χ0n) is 11.5. The quantitative estimate of drug-likeness (QED) is 0.661. The molecule has 0 radical (unpaired) electrons. The molecule has 1 saturated carbocycles. The number of rotatable bonds is 2. The van der Waals surface area contributed by atoms with Gasteiger partial charge in [0.05, 0.1) is 5.54 Å². The lowest BCUT2D eigenvalue weighted by Gasteiger charge is -2.50. The van der Waals surface area contributed by atoms with Crippen LogP contribution in [0.5, 0.6) is 0 Å². The number of nitrogens with zero attached hydrogens (tertiary/aromatic N) is 3. The number of pyridine rings is 1. The van der Waals surface area contributed by atoms with Crippen molar-refractivity contribution in [3.05, 3.63) is 28.4 Å². The van der Waals surface area contributed by atoms with Crippen molar-refractivity contribution < 1.29 is 4.92 Å². The maximum Gasteiger partial charge on any atom is 0.387 e. The van der Waals surface area contributed by atoms with E-state index in [1.165, 1.54) is 25.5 Å². The summed E-state index contributed by atoms with van der Waals surface area (Å²) in [5.41, 5.74) is 0.713. The summed E-state index contributed by atoms with van der Waals surface area (Å²) in [6, 6.07) is 3.63. The molecule has 1 aromatic rings. The van der Waals surface area contributed by atoms with Crippen LogP contribution in [0.2, 0.25) is 0 Å². The van der Waals surface area contributed by atoms with Gasteiger partial charge in [0.2, 0.25) is 0 Å². The Morgan fingerprint density at radius 3 is 2.90 bits per heavy atom. The Bertz CT molecular complexity index is 491. The Balaban J connectivity index is 2.00. The number of aromatic nitrogens is 1. The minimum absolute atomic E-state index is 0.0145. The highest BCUT2D eigenvalue weighted by Crippen LogP contribution is 2.40. The van der Waals surface area contributed by atoms with E-state index in [1.807, 2.05) is 6.07 Å². The van der Waals surface area contributed by atoms with E-state index >= 15 is 0 Å². The van der Waals surface area contributed by atoms with Crippen molar-refractivity contribution in [1.29, 1.82) is 0 Å². The van der Waals surface area contributed by atoms with E-state index in [1.54, 1.807) is 6.07 Å². The summed E-state index contributed by atoms with van der Waals surface area (Å²) in [5.74, 6) is -0.0145. The smallest absolute Gasteiger partial charge is 0.358 e. The molecular formula is C14H20N4O2. The average molecular weight is 276 g/mol. The predicted molar refractivity (Wildman–Crippen MR) is 76.9 cm³/mol. The standard InChI is InChI=1S/C14H20N4O2/c19-18(20)13-12(5-4-8-16-13)17-10-9-15-11-14(17)6-2-1-3-7-14/h4-5,8,15H,1-3,6-7,9-11H2. The molecule has 1 saturated heterocycles. The Kier molecular flexibility index (Phi) is 3.56. The molecule has 20 heavy (non-hydrogen) atoms. The molecule has 108 valence electrons. The third kappa shape index (κ3) is 2.24. The van der Waals surface area contributed by atoms with Gasteiger partial charge in [-0.05, 0) is 34.9 Å². The Morgan fingerprint density at radius 2 is 2.15 bits per heavy atom. The second kappa shape index (κ2) is 5.36. The maximum absolute atomic E-state index is 11.2. The highest BCUT2D eigenvalue weighted by atomic mass is 16.6. The molecular weight excluding hydrogens is 256 g/mol. The van der Waals surface area contributed by atoms with E-state index in [0.29, 0.717) is 5.69 Å². The molecule has 0 amide bonds. The van der Waals surface area contributed by atoms with Gasteiger partial charge < -0.3 is 20.3 Å². The zero-order chi connectivity index (χ0) is 14.0. The number of nitrogens with one attached hydrogen (secondary N) is 1. The van der Waals surface area contributed by atoms with Gasteiger partial charge in [-0.3, -0.25) is 0 Å². The molecule has 1 spiro atoms. The van der Waals surface area contributed by atoms with E-state index < -0.39 is 0 Å². The fraction of sp³-hybridized carbons (Fsp3) is 0.643. The molecule has 1 aliphatic heterocycles. The number of nitro groups is 1. The normalized spacial score (nSPS) is 21.9. The van der Waals surface area contributed by atoms with E-state index in [2.05, 4.69) is 15.2 Å². The molecule has 2 heterocycles. The van der Waals surface area contributed by atoms with Gasteiger partial charge in [-0.1, -0.05) is 19.3 Å². The molecule has 0 unspecified atom stereocenters. The van der Waals surface area contributed by atoms with Crippen LogP contribution in [0.4, 0.5) is 11.5 Å². The van der Waals surface area contributed by atoms with Gasteiger partial charge in [-0.2, -0.15) is 0 Å². The lowest BCUT2D eigenvalue weighted by atomic mass is 9.78. The van der Waals surface area contributed by atoms with Gasteiger partial charge in [0.1, 0.15) is 11.9 Å². The van der Waals surface area contributed by atoms with E-state index in [4.69, 9.17) is 0 Å². The van der Waals surface area contributed by atoms with Gasteiger partial charge >= 0.3 is 5.82 Å². The predicted octanol–water partition coefficient (Wildman–Crippen LogP) is 2.10. The van der Waals surface area contributed by atoms with Crippen molar-refractivity contribution in [2.75, 3.05) is 24.5 Å².